The highest BCUT2D eigenvalue weighted by molar-refractivity contribution is 5.96. The number of amides is 3. The van der Waals surface area contributed by atoms with E-state index in [-0.39, 0.29) is 30.5 Å². The second-order valence-electron chi connectivity index (χ2n) is 6.88. The highest BCUT2D eigenvalue weighted by Crippen LogP contribution is 2.10. The molecule has 0 aromatic heterocycles. The summed E-state index contributed by atoms with van der Waals surface area (Å²) in [7, 11) is 0. The lowest BCUT2D eigenvalue weighted by molar-refractivity contribution is -0.132. The molecule has 1 saturated heterocycles. The van der Waals surface area contributed by atoms with E-state index in [1.54, 1.807) is 17.0 Å². The average Bonchev–Trinajstić information content (AvgIpc) is 2.72. The van der Waals surface area contributed by atoms with Crippen LogP contribution in [0, 0.1) is 11.6 Å². The van der Waals surface area contributed by atoms with Crippen molar-refractivity contribution in [2.24, 2.45) is 0 Å². The van der Waals surface area contributed by atoms with Crippen LogP contribution in [0.25, 0.3) is 0 Å². The molecule has 0 spiro atoms. The highest BCUT2D eigenvalue weighted by Gasteiger charge is 2.23. The van der Waals surface area contributed by atoms with Crippen molar-refractivity contribution in [1.29, 1.82) is 0 Å². The van der Waals surface area contributed by atoms with Crippen LogP contribution in [0.2, 0.25) is 0 Å². The van der Waals surface area contributed by atoms with E-state index in [1.807, 2.05) is 4.90 Å². The van der Waals surface area contributed by atoms with Gasteiger partial charge in [-0.1, -0.05) is 18.2 Å². The van der Waals surface area contributed by atoms with Gasteiger partial charge in [0.05, 0.1) is 18.7 Å². The molecule has 3 rings (SSSR count). The Morgan fingerprint density at radius 1 is 0.933 bits per heavy atom. The standard InChI is InChI=1S/C21H22F2N4O3/c22-15-4-3-5-16(12-15)25-19(28)14-26-8-10-27(11-9-26)20(29)13-24-21(30)17-6-1-2-7-18(17)23/h1-7,12H,8-11,13-14H2,(H,24,30)(H,25,28). The minimum absolute atomic E-state index is 0.112. The molecule has 9 heteroatoms. The van der Waals surface area contributed by atoms with Crippen LogP contribution in [-0.4, -0.2) is 66.8 Å². The van der Waals surface area contributed by atoms with Crippen LogP contribution in [0.15, 0.2) is 48.5 Å². The number of nitrogens with one attached hydrogen (secondary N) is 2. The summed E-state index contributed by atoms with van der Waals surface area (Å²) in [5.74, 6) is -2.26. The fourth-order valence-corrected chi connectivity index (χ4v) is 3.13. The van der Waals surface area contributed by atoms with Gasteiger partial charge in [0.15, 0.2) is 0 Å². The van der Waals surface area contributed by atoms with E-state index in [4.69, 9.17) is 0 Å². The van der Waals surface area contributed by atoms with Crippen molar-refractivity contribution in [3.63, 3.8) is 0 Å². The predicted molar refractivity (Wildman–Crippen MR) is 107 cm³/mol. The molecule has 1 heterocycles. The van der Waals surface area contributed by atoms with E-state index in [2.05, 4.69) is 10.6 Å². The maximum atomic E-state index is 13.6. The summed E-state index contributed by atoms with van der Waals surface area (Å²) in [5.41, 5.74) is 0.277. The summed E-state index contributed by atoms with van der Waals surface area (Å²) in [6, 6.07) is 11.2. The van der Waals surface area contributed by atoms with E-state index in [1.165, 1.54) is 36.4 Å². The molecule has 158 valence electrons. The minimum atomic E-state index is -0.646. The first kappa shape index (κ1) is 21.4. The van der Waals surface area contributed by atoms with Crippen LogP contribution in [0.5, 0.6) is 0 Å². The molecule has 2 N–H and O–H groups in total. The molecule has 1 aliphatic heterocycles. The summed E-state index contributed by atoms with van der Waals surface area (Å²) in [4.78, 5) is 39.9. The van der Waals surface area contributed by atoms with Gasteiger partial charge in [-0.15, -0.1) is 0 Å². The molecule has 1 fully saturated rings. The Hall–Kier alpha value is -3.33. The Labute approximate surface area is 172 Å². The van der Waals surface area contributed by atoms with Gasteiger partial charge in [-0.2, -0.15) is 0 Å². The van der Waals surface area contributed by atoms with Gasteiger partial charge in [-0.3, -0.25) is 19.3 Å². The molecule has 30 heavy (non-hydrogen) atoms. The first-order valence-corrected chi connectivity index (χ1v) is 9.50. The lowest BCUT2D eigenvalue weighted by atomic mass is 10.2. The molecule has 2 aromatic rings. The number of anilines is 1. The van der Waals surface area contributed by atoms with Gasteiger partial charge >= 0.3 is 0 Å². The van der Waals surface area contributed by atoms with Crippen LogP contribution in [0.4, 0.5) is 14.5 Å². The van der Waals surface area contributed by atoms with Crippen LogP contribution >= 0.6 is 0 Å². The van der Waals surface area contributed by atoms with E-state index < -0.39 is 17.5 Å². The predicted octanol–water partition coefficient (Wildman–Crippen LogP) is 1.48. The number of nitrogens with zero attached hydrogens (tertiary/aromatic N) is 2. The molecular formula is C21H22F2N4O3. The van der Waals surface area contributed by atoms with E-state index in [0.29, 0.717) is 31.9 Å². The highest BCUT2D eigenvalue weighted by atomic mass is 19.1. The largest absolute Gasteiger partial charge is 0.343 e. The third-order valence-electron chi connectivity index (χ3n) is 4.72. The first-order chi connectivity index (χ1) is 14.4. The van der Waals surface area contributed by atoms with Gasteiger partial charge in [-0.05, 0) is 30.3 Å². The number of carbonyl (C=O) groups excluding carboxylic acids is 3. The molecule has 0 unspecified atom stereocenters. The van der Waals surface area contributed by atoms with Crippen LogP contribution in [0.3, 0.4) is 0 Å². The smallest absolute Gasteiger partial charge is 0.254 e. The average molecular weight is 416 g/mol. The lowest BCUT2D eigenvalue weighted by Crippen LogP contribution is -2.52. The zero-order valence-corrected chi connectivity index (χ0v) is 16.2. The molecule has 0 atom stereocenters. The summed E-state index contributed by atoms with van der Waals surface area (Å²) < 4.78 is 26.8. The molecule has 0 bridgehead atoms. The summed E-state index contributed by atoms with van der Waals surface area (Å²) in [6.45, 7) is 1.69. The zero-order chi connectivity index (χ0) is 21.5. The van der Waals surface area contributed by atoms with Crippen molar-refractivity contribution in [2.75, 3.05) is 44.6 Å². The Kier molecular flexibility index (Phi) is 7.08. The summed E-state index contributed by atoms with van der Waals surface area (Å²) in [5, 5.41) is 5.07. The fraction of sp³-hybridized carbons (Fsp3) is 0.286. The molecule has 3 amide bonds. The zero-order valence-electron chi connectivity index (χ0n) is 16.2. The van der Waals surface area contributed by atoms with Crippen LogP contribution in [0.1, 0.15) is 10.4 Å². The Balaban J connectivity index is 1.40. The molecular weight excluding hydrogens is 394 g/mol. The van der Waals surface area contributed by atoms with Gasteiger partial charge < -0.3 is 15.5 Å². The second-order valence-corrected chi connectivity index (χ2v) is 6.88. The van der Waals surface area contributed by atoms with Crippen molar-refractivity contribution in [1.82, 2.24) is 15.1 Å². The maximum Gasteiger partial charge on any atom is 0.254 e. The number of rotatable bonds is 6. The topological polar surface area (TPSA) is 81.8 Å². The normalized spacial score (nSPS) is 14.3. The van der Waals surface area contributed by atoms with Crippen molar-refractivity contribution in [3.8, 4) is 0 Å². The fourth-order valence-electron chi connectivity index (χ4n) is 3.13. The minimum Gasteiger partial charge on any atom is -0.343 e. The van der Waals surface area contributed by atoms with Crippen molar-refractivity contribution >= 4 is 23.4 Å². The number of carbonyl (C=O) groups is 3. The van der Waals surface area contributed by atoms with Crippen molar-refractivity contribution in [3.05, 3.63) is 65.7 Å². The Morgan fingerprint density at radius 2 is 1.67 bits per heavy atom. The third kappa shape index (κ3) is 5.84. The molecule has 0 saturated carbocycles. The number of halogens is 2. The molecule has 7 nitrogen and oxygen atoms in total. The molecule has 1 aliphatic rings. The van der Waals surface area contributed by atoms with Gasteiger partial charge in [0.25, 0.3) is 5.91 Å². The van der Waals surface area contributed by atoms with Crippen molar-refractivity contribution in [2.45, 2.75) is 0 Å². The number of piperazine rings is 1. The third-order valence-corrected chi connectivity index (χ3v) is 4.72. The molecule has 0 radical (unpaired) electrons. The van der Waals surface area contributed by atoms with Gasteiger partial charge in [0, 0.05) is 31.9 Å². The maximum absolute atomic E-state index is 13.6. The summed E-state index contributed by atoms with van der Waals surface area (Å²) in [6.07, 6.45) is 0. The number of hydrogen-bond acceptors (Lipinski definition) is 4. The summed E-state index contributed by atoms with van der Waals surface area (Å²) >= 11 is 0. The van der Waals surface area contributed by atoms with Gasteiger partial charge in [0.1, 0.15) is 11.6 Å². The van der Waals surface area contributed by atoms with Gasteiger partial charge in [-0.25, -0.2) is 8.78 Å². The lowest BCUT2D eigenvalue weighted by Gasteiger charge is -2.34. The quantitative estimate of drug-likeness (QED) is 0.748. The SMILES string of the molecule is O=C(CN1CCN(C(=O)CNC(=O)c2ccccc2F)CC1)Nc1cccc(F)c1. The first-order valence-electron chi connectivity index (χ1n) is 9.50. The van der Waals surface area contributed by atoms with Crippen LogP contribution in [-0.2, 0) is 9.59 Å². The second kappa shape index (κ2) is 9.93. The Bertz CT molecular complexity index is 930. The van der Waals surface area contributed by atoms with E-state index in [9.17, 15) is 23.2 Å². The van der Waals surface area contributed by atoms with Gasteiger partial charge in [0.2, 0.25) is 11.8 Å². The monoisotopic (exact) mass is 416 g/mol. The number of benzene rings is 2. The van der Waals surface area contributed by atoms with E-state index >= 15 is 0 Å². The van der Waals surface area contributed by atoms with E-state index in [0.717, 1.165) is 0 Å². The number of hydrogen-bond donors (Lipinski definition) is 2. The van der Waals surface area contributed by atoms with Crippen LogP contribution < -0.4 is 10.6 Å². The molecule has 0 aliphatic carbocycles. The molecule has 2 aromatic carbocycles. The Morgan fingerprint density at radius 3 is 2.37 bits per heavy atom. The van der Waals surface area contributed by atoms with Crippen molar-refractivity contribution < 1.29 is 23.2 Å².